The Morgan fingerprint density at radius 2 is 1.38 bits per heavy atom. The summed E-state index contributed by atoms with van der Waals surface area (Å²) >= 11 is 0. The molecule has 272 valence electrons. The van der Waals surface area contributed by atoms with Crippen LogP contribution in [0.4, 0.5) is 20.2 Å². The van der Waals surface area contributed by atoms with Gasteiger partial charge in [-0.3, -0.25) is 24.6 Å². The lowest BCUT2D eigenvalue weighted by Crippen LogP contribution is -2.53. The molecule has 0 amide bonds. The van der Waals surface area contributed by atoms with E-state index < -0.39 is 0 Å². The molecule has 0 radical (unpaired) electrons. The third kappa shape index (κ3) is 7.23. The molecule has 3 aliphatic rings. The average Bonchev–Trinajstić information content (AvgIpc) is 3.21. The van der Waals surface area contributed by atoms with E-state index in [9.17, 15) is 9.18 Å². The van der Waals surface area contributed by atoms with Crippen molar-refractivity contribution in [3.63, 3.8) is 0 Å². The molecule has 9 rings (SSSR count). The number of halogens is 2. The Kier molecular flexibility index (Phi) is 10.1. The fraction of sp³-hybridized carbons (Fsp3) is 0.333. The minimum atomic E-state index is -0.267. The first kappa shape index (κ1) is 34.8. The van der Waals surface area contributed by atoms with Gasteiger partial charge in [-0.1, -0.05) is 30.3 Å². The summed E-state index contributed by atoms with van der Waals surface area (Å²) in [5, 5.41) is 3.70. The molecule has 0 spiro atoms. The number of rotatable bonds is 5. The van der Waals surface area contributed by atoms with Crippen molar-refractivity contribution in [2.75, 3.05) is 62.7 Å². The standard InChI is InChI=1S/C28H30FN5O.C14H13FN2O/c1-35-23-17-21-7-4-11-31-28(21)26(19-23)33-15-13-32(14-16-33)22-9-12-34(29)25(18-22)24-8-2-5-20-6-3-10-30-27(20)24;15-12-3-4-13(14-11(12)2-1-7-16-14)17-8-5-10(18)6-9-17/h2-8,10-11,17,19,22,25H,9,12-16,18H2,1H3;1-4,7H,5-6,8-9H2. The van der Waals surface area contributed by atoms with Gasteiger partial charge in [-0.15, -0.1) is 9.60 Å². The minimum Gasteiger partial charge on any atom is -0.497 e. The van der Waals surface area contributed by atoms with Gasteiger partial charge in [0.25, 0.3) is 0 Å². The Labute approximate surface area is 307 Å². The summed E-state index contributed by atoms with van der Waals surface area (Å²) in [7, 11) is 1.71. The highest BCUT2D eigenvalue weighted by Gasteiger charge is 2.35. The lowest BCUT2D eigenvalue weighted by molar-refractivity contribution is -0.119. The monoisotopic (exact) mass is 715 g/mol. The molecule has 6 heterocycles. The van der Waals surface area contributed by atoms with Crippen molar-refractivity contribution >= 4 is 49.9 Å². The van der Waals surface area contributed by atoms with Crippen LogP contribution in [0.2, 0.25) is 0 Å². The van der Waals surface area contributed by atoms with Crippen LogP contribution in [0.25, 0.3) is 32.7 Å². The summed E-state index contributed by atoms with van der Waals surface area (Å²) in [5.41, 5.74) is 5.62. The van der Waals surface area contributed by atoms with E-state index in [0.29, 0.717) is 55.2 Å². The predicted molar refractivity (Wildman–Crippen MR) is 206 cm³/mol. The number of pyridine rings is 3. The zero-order valence-electron chi connectivity index (χ0n) is 29.9. The van der Waals surface area contributed by atoms with Crippen LogP contribution in [-0.4, -0.2) is 89.7 Å². The van der Waals surface area contributed by atoms with E-state index in [0.717, 1.165) is 88.6 Å². The van der Waals surface area contributed by atoms with Crippen LogP contribution >= 0.6 is 0 Å². The molecule has 3 fully saturated rings. The predicted octanol–water partition coefficient (Wildman–Crippen LogP) is 7.55. The quantitative estimate of drug-likeness (QED) is 0.168. The SMILES string of the molecule is COc1cc(N2CCN(C3CCN(F)C(c4cccc5cccnc45)C3)CC2)c2ncccc2c1.O=C1CCN(c2ccc(F)c3cccnc23)CC1. The molecule has 2 atom stereocenters. The Balaban J connectivity index is 0.000000186. The van der Waals surface area contributed by atoms with Gasteiger partial charge in [0.05, 0.1) is 41.1 Å². The Morgan fingerprint density at radius 3 is 2.15 bits per heavy atom. The summed E-state index contributed by atoms with van der Waals surface area (Å²) in [6.45, 7) is 5.55. The molecule has 0 bridgehead atoms. The van der Waals surface area contributed by atoms with E-state index in [-0.39, 0.29) is 11.9 Å². The van der Waals surface area contributed by atoms with E-state index in [1.807, 2.05) is 48.7 Å². The lowest BCUT2D eigenvalue weighted by atomic mass is 9.91. The maximum atomic E-state index is 15.1. The molecule has 3 saturated heterocycles. The zero-order chi connectivity index (χ0) is 36.3. The first-order valence-corrected chi connectivity index (χ1v) is 18.4. The van der Waals surface area contributed by atoms with Crippen LogP contribution in [0.5, 0.6) is 5.75 Å². The summed E-state index contributed by atoms with van der Waals surface area (Å²) in [6.07, 6.45) is 8.05. The van der Waals surface area contributed by atoms with Crippen molar-refractivity contribution in [2.24, 2.45) is 0 Å². The molecular formula is C42H43F2N7O2. The molecule has 6 aromatic rings. The number of para-hydroxylation sites is 1. The van der Waals surface area contributed by atoms with Gasteiger partial charge >= 0.3 is 0 Å². The van der Waals surface area contributed by atoms with Crippen LogP contribution in [0.3, 0.4) is 0 Å². The highest BCUT2D eigenvalue weighted by molar-refractivity contribution is 5.93. The summed E-state index contributed by atoms with van der Waals surface area (Å²) in [6, 6.07) is 25.0. The second-order valence-electron chi connectivity index (χ2n) is 14.0. The van der Waals surface area contributed by atoms with Crippen LogP contribution in [0.15, 0.2) is 97.5 Å². The second kappa shape index (κ2) is 15.4. The normalized spacial score (nSPS) is 20.1. The summed E-state index contributed by atoms with van der Waals surface area (Å²) in [5.74, 6) is 0.894. The molecule has 9 nitrogen and oxygen atoms in total. The maximum Gasteiger partial charge on any atom is 0.136 e. The number of Topliss-reactive ketones (excluding diaryl/α,β-unsaturated/α-hetero) is 1. The topological polar surface area (TPSA) is 77.9 Å². The number of fused-ring (bicyclic) bond motifs is 3. The van der Waals surface area contributed by atoms with Gasteiger partial charge in [-0.05, 0) is 60.9 Å². The highest BCUT2D eigenvalue weighted by atomic mass is 19.2. The molecular weight excluding hydrogens is 673 g/mol. The number of benzene rings is 3. The Morgan fingerprint density at radius 1 is 0.698 bits per heavy atom. The largest absolute Gasteiger partial charge is 0.497 e. The van der Waals surface area contributed by atoms with Gasteiger partial charge in [0, 0.05) is 106 Å². The molecule has 3 aliphatic heterocycles. The number of aromatic nitrogens is 3. The number of carbonyl (C=O) groups excluding carboxylic acids is 1. The van der Waals surface area contributed by atoms with Gasteiger partial charge < -0.3 is 14.5 Å². The van der Waals surface area contributed by atoms with Crippen LogP contribution in [0, 0.1) is 5.82 Å². The summed E-state index contributed by atoms with van der Waals surface area (Å²) in [4.78, 5) is 31.8. The maximum absolute atomic E-state index is 15.1. The lowest BCUT2D eigenvalue weighted by Gasteiger charge is -2.44. The average molecular weight is 716 g/mol. The van der Waals surface area contributed by atoms with Gasteiger partial charge in [-0.2, -0.15) is 0 Å². The van der Waals surface area contributed by atoms with Crippen LogP contribution in [0.1, 0.15) is 37.3 Å². The third-order valence-electron chi connectivity index (χ3n) is 11.0. The fourth-order valence-corrected chi connectivity index (χ4v) is 8.13. The number of anilines is 2. The van der Waals surface area contributed by atoms with E-state index in [4.69, 9.17) is 4.74 Å². The number of piperidine rings is 2. The number of methoxy groups -OCH3 is 1. The van der Waals surface area contributed by atoms with Gasteiger partial charge in [-0.25, -0.2) is 4.39 Å². The molecule has 2 unspecified atom stereocenters. The van der Waals surface area contributed by atoms with Crippen LogP contribution in [-0.2, 0) is 4.79 Å². The molecule has 0 saturated carbocycles. The van der Waals surface area contributed by atoms with Crippen molar-refractivity contribution in [3.05, 3.63) is 109 Å². The van der Waals surface area contributed by atoms with Crippen molar-refractivity contribution < 1.29 is 18.4 Å². The minimum absolute atomic E-state index is 0.255. The van der Waals surface area contributed by atoms with E-state index in [1.54, 1.807) is 37.7 Å². The molecule has 53 heavy (non-hydrogen) atoms. The van der Waals surface area contributed by atoms with E-state index in [1.165, 1.54) is 6.07 Å². The third-order valence-corrected chi connectivity index (χ3v) is 11.0. The van der Waals surface area contributed by atoms with Gasteiger partial charge in [0.15, 0.2) is 0 Å². The fourth-order valence-electron chi connectivity index (χ4n) is 8.13. The first-order valence-electron chi connectivity index (χ1n) is 18.4. The molecule has 11 heteroatoms. The molecule has 0 aliphatic carbocycles. The van der Waals surface area contributed by atoms with E-state index >= 15 is 4.48 Å². The van der Waals surface area contributed by atoms with Crippen molar-refractivity contribution in [1.29, 1.82) is 0 Å². The van der Waals surface area contributed by atoms with E-state index in [2.05, 4.69) is 41.8 Å². The Hall–Kier alpha value is -5.26. The van der Waals surface area contributed by atoms with Crippen molar-refractivity contribution in [3.8, 4) is 5.75 Å². The molecule has 0 N–H and O–H groups in total. The molecule has 3 aromatic carbocycles. The van der Waals surface area contributed by atoms with Gasteiger partial charge in [0.1, 0.15) is 17.3 Å². The first-order chi connectivity index (χ1) is 26.0. The number of ether oxygens (including phenoxy) is 1. The molecule has 3 aromatic heterocycles. The number of hydrogen-bond donors (Lipinski definition) is 0. The second-order valence-corrected chi connectivity index (χ2v) is 14.0. The summed E-state index contributed by atoms with van der Waals surface area (Å²) < 4.78 is 34.3. The van der Waals surface area contributed by atoms with Crippen LogP contribution < -0.4 is 14.5 Å². The van der Waals surface area contributed by atoms with Crippen molar-refractivity contribution in [1.82, 2.24) is 25.0 Å². The number of piperazine rings is 1. The van der Waals surface area contributed by atoms with Crippen molar-refractivity contribution in [2.45, 2.75) is 37.8 Å². The van der Waals surface area contributed by atoms with Gasteiger partial charge in [0.2, 0.25) is 0 Å². The Bertz CT molecular complexity index is 2230. The number of nitrogens with zero attached hydrogens (tertiary/aromatic N) is 7. The number of carbonyl (C=O) groups is 1. The number of hydrogen-bond acceptors (Lipinski definition) is 9. The highest BCUT2D eigenvalue weighted by Crippen LogP contribution is 2.38. The number of ketones is 1. The smallest absolute Gasteiger partial charge is 0.136 e. The zero-order valence-corrected chi connectivity index (χ0v) is 29.9.